The lowest BCUT2D eigenvalue weighted by molar-refractivity contribution is 0.386. The van der Waals surface area contributed by atoms with Gasteiger partial charge in [0.15, 0.2) is 0 Å². The van der Waals surface area contributed by atoms with Crippen LogP contribution in [0.3, 0.4) is 0 Å². The minimum Gasteiger partial charge on any atom is -0.388 e. The molecule has 1 aromatic heterocycles. The number of anilines is 1. The summed E-state index contributed by atoms with van der Waals surface area (Å²) >= 11 is 0. The normalized spacial score (nSPS) is 11.2. The van der Waals surface area contributed by atoms with Crippen LogP contribution in [-0.2, 0) is 6.54 Å². The van der Waals surface area contributed by atoms with E-state index in [-0.39, 0.29) is 0 Å². The number of fused-ring (bicyclic) bond motifs is 1. The summed E-state index contributed by atoms with van der Waals surface area (Å²) in [7, 11) is 6.10. The third-order valence-corrected chi connectivity index (χ3v) is 2.70. The molecule has 0 aliphatic carbocycles. The number of imidazole rings is 1. The zero-order chi connectivity index (χ0) is 11.5. The lowest BCUT2D eigenvalue weighted by Crippen LogP contribution is -2.17. The summed E-state index contributed by atoms with van der Waals surface area (Å²) in [4.78, 5) is 6.56. The van der Waals surface area contributed by atoms with E-state index >= 15 is 0 Å². The van der Waals surface area contributed by atoms with Gasteiger partial charge in [-0.05, 0) is 32.3 Å². The zero-order valence-corrected chi connectivity index (χ0v) is 10.1. The van der Waals surface area contributed by atoms with Crippen molar-refractivity contribution in [2.45, 2.75) is 6.54 Å². The van der Waals surface area contributed by atoms with Gasteiger partial charge in [0, 0.05) is 25.8 Å². The highest BCUT2D eigenvalue weighted by atomic mass is 15.1. The van der Waals surface area contributed by atoms with E-state index in [1.165, 1.54) is 5.52 Å². The van der Waals surface area contributed by atoms with E-state index in [9.17, 15) is 0 Å². The Bertz CT molecular complexity index is 473. The van der Waals surface area contributed by atoms with Gasteiger partial charge in [-0.3, -0.25) is 0 Å². The number of hydrogen-bond acceptors (Lipinski definition) is 3. The maximum atomic E-state index is 4.39. The van der Waals surface area contributed by atoms with E-state index < -0.39 is 0 Å². The van der Waals surface area contributed by atoms with Gasteiger partial charge < -0.3 is 14.8 Å². The first-order valence-corrected chi connectivity index (χ1v) is 5.48. The topological polar surface area (TPSA) is 33.1 Å². The average Bonchev–Trinajstić information content (AvgIpc) is 2.68. The molecule has 1 aromatic carbocycles. The Morgan fingerprint density at radius 2 is 2.19 bits per heavy atom. The first kappa shape index (κ1) is 11.0. The molecule has 0 fully saturated rings. The Morgan fingerprint density at radius 3 is 2.88 bits per heavy atom. The molecule has 0 aliphatic heterocycles. The summed E-state index contributed by atoms with van der Waals surface area (Å²) in [6, 6.07) is 6.23. The molecule has 0 amide bonds. The number of nitrogens with zero attached hydrogens (tertiary/aromatic N) is 3. The summed E-state index contributed by atoms with van der Waals surface area (Å²) in [5.41, 5.74) is 3.37. The van der Waals surface area contributed by atoms with Crippen molar-refractivity contribution in [2.24, 2.45) is 0 Å². The number of hydrogen-bond donors (Lipinski definition) is 1. The molecule has 0 unspecified atom stereocenters. The number of benzene rings is 1. The average molecular weight is 218 g/mol. The van der Waals surface area contributed by atoms with E-state index in [1.54, 1.807) is 0 Å². The SMILES string of the molecule is CNc1ccc2ncn(CCN(C)C)c2c1. The minimum atomic E-state index is 0.969. The summed E-state index contributed by atoms with van der Waals surface area (Å²) in [6.07, 6.45) is 1.91. The fraction of sp³-hybridized carbons (Fsp3) is 0.417. The van der Waals surface area contributed by atoms with Crippen LogP contribution in [0.25, 0.3) is 11.0 Å². The van der Waals surface area contributed by atoms with Crippen molar-refractivity contribution in [2.75, 3.05) is 33.0 Å². The number of nitrogens with one attached hydrogen (secondary N) is 1. The zero-order valence-electron chi connectivity index (χ0n) is 10.1. The number of likely N-dealkylation sites (N-methyl/N-ethyl adjacent to an activating group) is 1. The van der Waals surface area contributed by atoms with Gasteiger partial charge in [0.1, 0.15) is 0 Å². The molecule has 0 aliphatic rings. The maximum absolute atomic E-state index is 4.39. The van der Waals surface area contributed by atoms with Crippen molar-refractivity contribution < 1.29 is 0 Å². The quantitative estimate of drug-likeness (QED) is 0.847. The lowest BCUT2D eigenvalue weighted by Gasteiger charge is -2.10. The van der Waals surface area contributed by atoms with E-state index in [1.807, 2.05) is 25.5 Å². The summed E-state index contributed by atoms with van der Waals surface area (Å²) < 4.78 is 2.19. The van der Waals surface area contributed by atoms with E-state index in [4.69, 9.17) is 0 Å². The molecular weight excluding hydrogens is 200 g/mol. The second-order valence-corrected chi connectivity index (χ2v) is 4.19. The molecule has 0 atom stereocenters. The van der Waals surface area contributed by atoms with E-state index in [0.29, 0.717) is 0 Å². The van der Waals surface area contributed by atoms with Crippen LogP contribution in [0.5, 0.6) is 0 Å². The van der Waals surface area contributed by atoms with Crippen LogP contribution >= 0.6 is 0 Å². The van der Waals surface area contributed by atoms with Gasteiger partial charge >= 0.3 is 0 Å². The van der Waals surface area contributed by atoms with Crippen molar-refractivity contribution in [3.8, 4) is 0 Å². The second-order valence-electron chi connectivity index (χ2n) is 4.19. The van der Waals surface area contributed by atoms with Gasteiger partial charge in [0.25, 0.3) is 0 Å². The summed E-state index contributed by atoms with van der Waals surface area (Å²) in [5, 5.41) is 3.15. The molecular formula is C12H18N4. The highest BCUT2D eigenvalue weighted by molar-refractivity contribution is 5.79. The predicted octanol–water partition coefficient (Wildman–Crippen LogP) is 1.64. The highest BCUT2D eigenvalue weighted by Crippen LogP contribution is 2.17. The molecule has 16 heavy (non-hydrogen) atoms. The van der Waals surface area contributed by atoms with Crippen LogP contribution in [0.2, 0.25) is 0 Å². The van der Waals surface area contributed by atoms with Gasteiger partial charge in [0.2, 0.25) is 0 Å². The predicted molar refractivity (Wildman–Crippen MR) is 67.8 cm³/mol. The molecule has 2 aromatic rings. The Hall–Kier alpha value is -1.55. The Morgan fingerprint density at radius 1 is 1.38 bits per heavy atom. The van der Waals surface area contributed by atoms with Crippen LogP contribution in [0.15, 0.2) is 24.5 Å². The summed E-state index contributed by atoms with van der Waals surface area (Å²) in [5.74, 6) is 0. The molecule has 0 radical (unpaired) electrons. The van der Waals surface area contributed by atoms with Crippen LogP contribution in [0.4, 0.5) is 5.69 Å². The number of aromatic nitrogens is 2. The fourth-order valence-electron chi connectivity index (χ4n) is 1.70. The Balaban J connectivity index is 2.30. The molecule has 1 heterocycles. The third-order valence-electron chi connectivity index (χ3n) is 2.70. The first-order chi connectivity index (χ1) is 7.70. The van der Waals surface area contributed by atoms with Crippen molar-refractivity contribution in [1.82, 2.24) is 14.5 Å². The minimum absolute atomic E-state index is 0.969. The van der Waals surface area contributed by atoms with Crippen LogP contribution in [0.1, 0.15) is 0 Å². The smallest absolute Gasteiger partial charge is 0.0958 e. The fourth-order valence-corrected chi connectivity index (χ4v) is 1.70. The standard InChI is InChI=1S/C12H18N4/c1-13-10-4-5-11-12(8-10)16(9-14-11)7-6-15(2)3/h4-5,8-9,13H,6-7H2,1-3H3. The second kappa shape index (κ2) is 4.53. The largest absolute Gasteiger partial charge is 0.388 e. The van der Waals surface area contributed by atoms with Crippen molar-refractivity contribution in [3.05, 3.63) is 24.5 Å². The Kier molecular flexibility index (Phi) is 3.10. The van der Waals surface area contributed by atoms with Gasteiger partial charge in [-0.25, -0.2) is 4.98 Å². The molecule has 86 valence electrons. The van der Waals surface area contributed by atoms with Crippen LogP contribution in [0, 0.1) is 0 Å². The van der Waals surface area contributed by atoms with Gasteiger partial charge in [-0.2, -0.15) is 0 Å². The number of rotatable bonds is 4. The Labute approximate surface area is 95.9 Å². The van der Waals surface area contributed by atoms with E-state index in [2.05, 4.69) is 39.9 Å². The summed E-state index contributed by atoms with van der Waals surface area (Å²) in [6.45, 7) is 1.99. The molecule has 0 spiro atoms. The van der Waals surface area contributed by atoms with Crippen molar-refractivity contribution in [1.29, 1.82) is 0 Å². The van der Waals surface area contributed by atoms with Crippen LogP contribution < -0.4 is 5.32 Å². The van der Waals surface area contributed by atoms with Crippen molar-refractivity contribution in [3.63, 3.8) is 0 Å². The molecule has 1 N–H and O–H groups in total. The van der Waals surface area contributed by atoms with Gasteiger partial charge in [-0.1, -0.05) is 0 Å². The molecule has 4 nitrogen and oxygen atoms in total. The van der Waals surface area contributed by atoms with E-state index in [0.717, 1.165) is 24.3 Å². The van der Waals surface area contributed by atoms with Crippen molar-refractivity contribution >= 4 is 16.7 Å². The van der Waals surface area contributed by atoms with Gasteiger partial charge in [0.05, 0.1) is 17.4 Å². The molecule has 0 bridgehead atoms. The van der Waals surface area contributed by atoms with Gasteiger partial charge in [-0.15, -0.1) is 0 Å². The first-order valence-electron chi connectivity index (χ1n) is 5.48. The monoisotopic (exact) mass is 218 g/mol. The molecule has 0 saturated heterocycles. The third kappa shape index (κ3) is 2.17. The maximum Gasteiger partial charge on any atom is 0.0958 e. The molecule has 2 rings (SSSR count). The molecule has 0 saturated carbocycles. The lowest BCUT2D eigenvalue weighted by atomic mass is 10.2. The molecule has 4 heteroatoms. The highest BCUT2D eigenvalue weighted by Gasteiger charge is 2.03. The van der Waals surface area contributed by atoms with Crippen LogP contribution in [-0.4, -0.2) is 42.1 Å².